The van der Waals surface area contributed by atoms with Crippen LogP contribution >= 0.6 is 0 Å². The monoisotopic (exact) mass is 329 g/mol. The van der Waals surface area contributed by atoms with Crippen LogP contribution in [0, 0.1) is 5.82 Å². The molecule has 2 heterocycles. The summed E-state index contributed by atoms with van der Waals surface area (Å²) in [5, 5.41) is 2.79. The molecule has 2 aromatic rings. The second kappa shape index (κ2) is 7.88. The number of carbonyl (C=O) groups is 1. The molecule has 0 radical (unpaired) electrons. The number of benzene rings is 1. The van der Waals surface area contributed by atoms with Gasteiger partial charge in [-0.1, -0.05) is 18.2 Å². The number of ether oxygens (including phenoxy) is 1. The van der Waals surface area contributed by atoms with Gasteiger partial charge in [-0.2, -0.15) is 0 Å². The average Bonchev–Trinajstić information content (AvgIpc) is 2.64. The van der Waals surface area contributed by atoms with E-state index in [9.17, 15) is 9.18 Å². The summed E-state index contributed by atoms with van der Waals surface area (Å²) in [4.78, 5) is 18.6. The molecular formula is C18H20FN3O2. The number of pyridine rings is 1. The van der Waals surface area contributed by atoms with E-state index < -0.39 is 0 Å². The molecular weight excluding hydrogens is 309 g/mol. The van der Waals surface area contributed by atoms with Crippen LogP contribution < -0.4 is 10.2 Å². The van der Waals surface area contributed by atoms with Gasteiger partial charge in [-0.25, -0.2) is 9.37 Å². The van der Waals surface area contributed by atoms with Crippen LogP contribution in [0.15, 0.2) is 42.6 Å². The fourth-order valence-corrected chi connectivity index (χ4v) is 2.61. The molecule has 1 aromatic heterocycles. The molecule has 0 saturated carbocycles. The number of rotatable bonds is 5. The first-order valence-corrected chi connectivity index (χ1v) is 8.04. The number of hydrogen-bond donors (Lipinski definition) is 1. The second-order valence-electron chi connectivity index (χ2n) is 5.60. The van der Waals surface area contributed by atoms with Crippen molar-refractivity contribution in [2.45, 2.75) is 6.42 Å². The molecule has 6 heteroatoms. The first-order chi connectivity index (χ1) is 11.7. The number of morpholine rings is 1. The molecule has 1 aromatic carbocycles. The largest absolute Gasteiger partial charge is 0.378 e. The summed E-state index contributed by atoms with van der Waals surface area (Å²) in [5.74, 6) is 0.400. The summed E-state index contributed by atoms with van der Waals surface area (Å²) >= 11 is 0. The van der Waals surface area contributed by atoms with Gasteiger partial charge in [0.15, 0.2) is 0 Å². The molecule has 1 saturated heterocycles. The second-order valence-corrected chi connectivity index (χ2v) is 5.60. The SMILES string of the molecule is O=C(NCCc1ccccc1F)c1ccc(N2CCOCC2)nc1. The lowest BCUT2D eigenvalue weighted by Crippen LogP contribution is -2.36. The molecule has 0 unspecified atom stereocenters. The fraction of sp³-hybridized carbons (Fsp3) is 0.333. The van der Waals surface area contributed by atoms with Gasteiger partial charge < -0.3 is 15.0 Å². The number of carbonyl (C=O) groups excluding carboxylic acids is 1. The summed E-state index contributed by atoms with van der Waals surface area (Å²) in [6.07, 6.45) is 2.03. The minimum Gasteiger partial charge on any atom is -0.378 e. The van der Waals surface area contributed by atoms with Crippen molar-refractivity contribution in [3.63, 3.8) is 0 Å². The number of amides is 1. The first-order valence-electron chi connectivity index (χ1n) is 8.04. The number of aromatic nitrogens is 1. The van der Waals surface area contributed by atoms with Gasteiger partial charge in [0.2, 0.25) is 0 Å². The van der Waals surface area contributed by atoms with Gasteiger partial charge in [-0.05, 0) is 30.2 Å². The van der Waals surface area contributed by atoms with Crippen LogP contribution in [0.3, 0.4) is 0 Å². The van der Waals surface area contributed by atoms with Crippen LogP contribution in [0.1, 0.15) is 15.9 Å². The number of nitrogens with zero attached hydrogens (tertiary/aromatic N) is 2. The topological polar surface area (TPSA) is 54.5 Å². The van der Waals surface area contributed by atoms with Gasteiger partial charge in [0.25, 0.3) is 5.91 Å². The number of halogens is 1. The van der Waals surface area contributed by atoms with Crippen molar-refractivity contribution in [3.8, 4) is 0 Å². The van der Waals surface area contributed by atoms with Crippen molar-refractivity contribution in [1.82, 2.24) is 10.3 Å². The van der Waals surface area contributed by atoms with Crippen molar-refractivity contribution < 1.29 is 13.9 Å². The zero-order valence-electron chi connectivity index (χ0n) is 13.4. The highest BCUT2D eigenvalue weighted by atomic mass is 19.1. The quantitative estimate of drug-likeness (QED) is 0.912. The molecule has 0 aliphatic carbocycles. The van der Waals surface area contributed by atoms with Crippen LogP contribution in [0.4, 0.5) is 10.2 Å². The average molecular weight is 329 g/mol. The molecule has 5 nitrogen and oxygen atoms in total. The normalized spacial score (nSPS) is 14.5. The Hall–Kier alpha value is -2.47. The minimum absolute atomic E-state index is 0.202. The summed E-state index contributed by atoms with van der Waals surface area (Å²) < 4.78 is 18.8. The maximum absolute atomic E-state index is 13.5. The predicted molar refractivity (Wildman–Crippen MR) is 89.7 cm³/mol. The number of hydrogen-bond acceptors (Lipinski definition) is 4. The van der Waals surface area contributed by atoms with Gasteiger partial charge in [0.1, 0.15) is 11.6 Å². The summed E-state index contributed by atoms with van der Waals surface area (Å²) in [6.45, 7) is 3.38. The highest BCUT2D eigenvalue weighted by molar-refractivity contribution is 5.94. The molecule has 1 amide bonds. The number of anilines is 1. The molecule has 3 rings (SSSR count). The van der Waals surface area contributed by atoms with E-state index in [2.05, 4.69) is 15.2 Å². The van der Waals surface area contributed by atoms with Crippen LogP contribution in [0.2, 0.25) is 0 Å². The van der Waals surface area contributed by atoms with Crippen LogP contribution in [0.5, 0.6) is 0 Å². The van der Waals surface area contributed by atoms with E-state index >= 15 is 0 Å². The molecule has 1 N–H and O–H groups in total. The van der Waals surface area contributed by atoms with Crippen molar-refractivity contribution in [1.29, 1.82) is 0 Å². The molecule has 0 bridgehead atoms. The Balaban J connectivity index is 1.52. The van der Waals surface area contributed by atoms with E-state index in [0.717, 1.165) is 18.9 Å². The van der Waals surface area contributed by atoms with E-state index in [-0.39, 0.29) is 11.7 Å². The zero-order chi connectivity index (χ0) is 16.8. The maximum atomic E-state index is 13.5. The van der Waals surface area contributed by atoms with Crippen molar-refractivity contribution >= 4 is 11.7 Å². The summed E-state index contributed by atoms with van der Waals surface area (Å²) in [7, 11) is 0. The Kier molecular flexibility index (Phi) is 5.38. The van der Waals surface area contributed by atoms with E-state index in [1.54, 1.807) is 30.5 Å². The Bertz CT molecular complexity index is 685. The standard InChI is InChI=1S/C18H20FN3O2/c19-16-4-2-1-3-14(16)7-8-20-18(23)15-5-6-17(21-13-15)22-9-11-24-12-10-22/h1-6,13H,7-12H2,(H,20,23). The van der Waals surface area contributed by atoms with Gasteiger partial charge in [-0.3, -0.25) is 4.79 Å². The zero-order valence-corrected chi connectivity index (χ0v) is 13.4. The van der Waals surface area contributed by atoms with Crippen LogP contribution in [0.25, 0.3) is 0 Å². The number of nitrogens with one attached hydrogen (secondary N) is 1. The highest BCUT2D eigenvalue weighted by Crippen LogP contribution is 2.13. The Morgan fingerprint density at radius 1 is 1.21 bits per heavy atom. The molecule has 0 spiro atoms. The van der Waals surface area contributed by atoms with E-state index in [0.29, 0.717) is 37.3 Å². The molecule has 126 valence electrons. The van der Waals surface area contributed by atoms with Gasteiger partial charge in [0, 0.05) is 25.8 Å². The van der Waals surface area contributed by atoms with Gasteiger partial charge >= 0.3 is 0 Å². The molecule has 0 atom stereocenters. The van der Waals surface area contributed by atoms with Crippen molar-refractivity contribution in [3.05, 3.63) is 59.5 Å². The van der Waals surface area contributed by atoms with Gasteiger partial charge in [0.05, 0.1) is 18.8 Å². The van der Waals surface area contributed by atoms with E-state index in [4.69, 9.17) is 4.74 Å². The first kappa shape index (κ1) is 16.4. The molecule has 1 aliphatic rings. The van der Waals surface area contributed by atoms with Crippen LogP contribution in [-0.4, -0.2) is 43.7 Å². The third-order valence-electron chi connectivity index (χ3n) is 3.98. The lowest BCUT2D eigenvalue weighted by molar-refractivity contribution is 0.0953. The van der Waals surface area contributed by atoms with E-state index in [1.165, 1.54) is 6.07 Å². The Morgan fingerprint density at radius 3 is 2.71 bits per heavy atom. The summed E-state index contributed by atoms with van der Waals surface area (Å²) in [5.41, 5.74) is 1.10. The van der Waals surface area contributed by atoms with E-state index in [1.807, 2.05) is 6.07 Å². The summed E-state index contributed by atoms with van der Waals surface area (Å²) in [6, 6.07) is 10.2. The molecule has 24 heavy (non-hydrogen) atoms. The predicted octanol–water partition coefficient (Wildman–Crippen LogP) is 2.03. The fourth-order valence-electron chi connectivity index (χ4n) is 2.61. The van der Waals surface area contributed by atoms with Crippen molar-refractivity contribution in [2.24, 2.45) is 0 Å². The minimum atomic E-state index is -0.247. The highest BCUT2D eigenvalue weighted by Gasteiger charge is 2.13. The smallest absolute Gasteiger partial charge is 0.252 e. The van der Waals surface area contributed by atoms with Gasteiger partial charge in [-0.15, -0.1) is 0 Å². The third-order valence-corrected chi connectivity index (χ3v) is 3.98. The van der Waals surface area contributed by atoms with Crippen molar-refractivity contribution in [2.75, 3.05) is 37.7 Å². The molecule has 1 fully saturated rings. The lowest BCUT2D eigenvalue weighted by Gasteiger charge is -2.27. The molecule has 1 aliphatic heterocycles. The lowest BCUT2D eigenvalue weighted by atomic mass is 10.1. The Labute approximate surface area is 140 Å². The Morgan fingerprint density at radius 2 is 2.00 bits per heavy atom. The maximum Gasteiger partial charge on any atom is 0.252 e. The third kappa shape index (κ3) is 4.08. The van der Waals surface area contributed by atoms with Crippen LogP contribution in [-0.2, 0) is 11.2 Å².